The first-order valence-electron chi connectivity index (χ1n) is 11.1. The van der Waals surface area contributed by atoms with Crippen molar-refractivity contribution in [3.8, 4) is 0 Å². The van der Waals surface area contributed by atoms with E-state index in [-0.39, 0.29) is 23.6 Å². The maximum Gasteiger partial charge on any atom is 0.412 e. The highest BCUT2D eigenvalue weighted by Crippen LogP contribution is 2.45. The molecule has 0 saturated carbocycles. The van der Waals surface area contributed by atoms with Gasteiger partial charge in [0.25, 0.3) is 5.69 Å². The van der Waals surface area contributed by atoms with Gasteiger partial charge in [-0.2, -0.15) is 0 Å². The standard InChI is InChI=1S/C21H32N6O5SSi/c1-20(2,3)16-11-21(32-34(5)6,14-33-18-22-23-24-25(18)4)26(12-16)19(28)31-13-15-7-9-17(10-8-15)27(29)30/h7-10,16,34H,11-14H2,1-6H3/t16-,21-/m0/s1. The first-order chi connectivity index (χ1) is 15.9. The molecule has 34 heavy (non-hydrogen) atoms. The third-order valence-corrected chi connectivity index (χ3v) is 7.99. The van der Waals surface area contributed by atoms with Gasteiger partial charge in [0.2, 0.25) is 5.16 Å². The molecule has 0 aliphatic carbocycles. The number of nitrogens with zero attached hydrogens (tertiary/aromatic N) is 6. The van der Waals surface area contributed by atoms with E-state index in [1.54, 1.807) is 28.8 Å². The largest absolute Gasteiger partial charge is 0.444 e. The Bertz CT molecular complexity index is 1010. The Balaban J connectivity index is 1.82. The van der Waals surface area contributed by atoms with E-state index in [0.29, 0.717) is 29.4 Å². The van der Waals surface area contributed by atoms with Crippen molar-refractivity contribution in [3.05, 3.63) is 39.9 Å². The number of ether oxygens (including phenoxy) is 1. The van der Waals surface area contributed by atoms with E-state index >= 15 is 0 Å². The van der Waals surface area contributed by atoms with Gasteiger partial charge >= 0.3 is 6.09 Å². The van der Waals surface area contributed by atoms with E-state index in [1.807, 2.05) is 0 Å². The predicted molar refractivity (Wildman–Crippen MR) is 130 cm³/mol. The van der Waals surface area contributed by atoms with Crippen LogP contribution in [0.25, 0.3) is 0 Å². The number of tetrazole rings is 1. The van der Waals surface area contributed by atoms with Gasteiger partial charge in [0, 0.05) is 37.9 Å². The van der Waals surface area contributed by atoms with Crippen molar-refractivity contribution < 1.29 is 18.9 Å². The third kappa shape index (κ3) is 6.13. The minimum Gasteiger partial charge on any atom is -0.444 e. The highest BCUT2D eigenvalue weighted by molar-refractivity contribution is 7.99. The van der Waals surface area contributed by atoms with Crippen LogP contribution in [-0.2, 0) is 22.8 Å². The molecular formula is C21H32N6O5SSi. The SMILES string of the molecule is Cn1nnnc1SC[C@@]1(O[SiH](C)C)C[C@H](C(C)(C)C)CN1C(=O)OCc1ccc([N+](=O)[O-])cc1. The molecule has 1 fully saturated rings. The van der Waals surface area contributed by atoms with Crippen molar-refractivity contribution in [2.24, 2.45) is 18.4 Å². The quantitative estimate of drug-likeness (QED) is 0.227. The van der Waals surface area contributed by atoms with Gasteiger partial charge in [-0.15, -0.1) is 5.10 Å². The molecule has 13 heteroatoms. The van der Waals surface area contributed by atoms with E-state index in [1.165, 1.54) is 23.9 Å². The highest BCUT2D eigenvalue weighted by Gasteiger charge is 2.52. The molecule has 1 aliphatic heterocycles. The number of hydrogen-bond acceptors (Lipinski definition) is 9. The molecule has 1 amide bonds. The lowest BCUT2D eigenvalue weighted by Gasteiger charge is -2.39. The molecule has 0 spiro atoms. The number of rotatable bonds is 8. The van der Waals surface area contributed by atoms with Crippen molar-refractivity contribution in [1.29, 1.82) is 0 Å². The summed E-state index contributed by atoms with van der Waals surface area (Å²) in [5.74, 6) is 0.691. The van der Waals surface area contributed by atoms with Crippen LogP contribution in [0.5, 0.6) is 0 Å². The molecule has 2 heterocycles. The summed E-state index contributed by atoms with van der Waals surface area (Å²) in [5, 5.41) is 23.2. The van der Waals surface area contributed by atoms with E-state index in [4.69, 9.17) is 9.16 Å². The second-order valence-electron chi connectivity index (χ2n) is 9.84. The summed E-state index contributed by atoms with van der Waals surface area (Å²) >= 11 is 1.46. The maximum absolute atomic E-state index is 13.4. The number of nitro groups is 1. The topological polar surface area (TPSA) is 126 Å². The van der Waals surface area contributed by atoms with Crippen molar-refractivity contribution in [2.75, 3.05) is 12.3 Å². The van der Waals surface area contributed by atoms with Crippen LogP contribution < -0.4 is 0 Å². The van der Waals surface area contributed by atoms with Crippen molar-refractivity contribution in [3.63, 3.8) is 0 Å². The third-order valence-electron chi connectivity index (χ3n) is 5.88. The minimum atomic E-state index is -1.55. The Morgan fingerprint density at radius 2 is 2.00 bits per heavy atom. The summed E-state index contributed by atoms with van der Waals surface area (Å²) in [6.07, 6.45) is 0.225. The van der Waals surface area contributed by atoms with Crippen LogP contribution in [0.3, 0.4) is 0 Å². The number of likely N-dealkylation sites (tertiary alicyclic amines) is 1. The van der Waals surface area contributed by atoms with Crippen LogP contribution in [0.15, 0.2) is 29.4 Å². The average Bonchev–Trinajstić information content (AvgIpc) is 3.34. The number of amides is 1. The van der Waals surface area contributed by atoms with Gasteiger partial charge in [-0.05, 0) is 52.5 Å². The van der Waals surface area contributed by atoms with Crippen LogP contribution in [0, 0.1) is 21.4 Å². The van der Waals surface area contributed by atoms with Gasteiger partial charge in [-0.1, -0.05) is 32.5 Å². The summed E-state index contributed by atoms with van der Waals surface area (Å²) in [4.78, 5) is 25.5. The second kappa shape index (κ2) is 10.4. The summed E-state index contributed by atoms with van der Waals surface area (Å²) in [5.41, 5.74) is -0.193. The lowest BCUT2D eigenvalue weighted by Crippen LogP contribution is -2.53. The van der Waals surface area contributed by atoms with Crippen molar-refractivity contribution in [2.45, 2.75) is 57.8 Å². The molecule has 1 aliphatic rings. The van der Waals surface area contributed by atoms with Crippen molar-refractivity contribution in [1.82, 2.24) is 25.1 Å². The minimum absolute atomic E-state index is 0.00719. The molecule has 186 valence electrons. The summed E-state index contributed by atoms with van der Waals surface area (Å²) in [6, 6.07) is 5.99. The number of carbonyl (C=O) groups excluding carboxylic acids is 1. The second-order valence-corrected chi connectivity index (χ2v) is 13.1. The van der Waals surface area contributed by atoms with Crippen LogP contribution in [0.4, 0.5) is 10.5 Å². The number of aryl methyl sites for hydroxylation is 1. The lowest BCUT2D eigenvalue weighted by atomic mass is 9.79. The first kappa shape index (κ1) is 26.1. The van der Waals surface area contributed by atoms with Gasteiger partial charge < -0.3 is 9.16 Å². The fourth-order valence-corrected chi connectivity index (χ4v) is 6.27. The Labute approximate surface area is 205 Å². The Morgan fingerprint density at radius 1 is 1.32 bits per heavy atom. The molecule has 1 saturated heterocycles. The summed E-state index contributed by atoms with van der Waals surface area (Å²) in [7, 11) is 0.219. The van der Waals surface area contributed by atoms with Gasteiger partial charge in [-0.25, -0.2) is 9.48 Å². The smallest absolute Gasteiger partial charge is 0.412 e. The number of non-ortho nitro benzene ring substituents is 1. The molecule has 0 bridgehead atoms. The molecule has 1 aromatic carbocycles. The molecule has 11 nitrogen and oxygen atoms in total. The van der Waals surface area contributed by atoms with E-state index < -0.39 is 25.8 Å². The van der Waals surface area contributed by atoms with Crippen LogP contribution in [0.2, 0.25) is 13.1 Å². The monoisotopic (exact) mass is 508 g/mol. The number of benzene rings is 1. The number of nitro benzene ring substituents is 1. The molecule has 2 aromatic rings. The zero-order valence-corrected chi connectivity index (χ0v) is 22.4. The highest BCUT2D eigenvalue weighted by atomic mass is 32.2. The van der Waals surface area contributed by atoms with Gasteiger partial charge in [0.15, 0.2) is 9.04 Å². The van der Waals surface area contributed by atoms with Crippen molar-refractivity contribution >= 4 is 32.6 Å². The number of thioether (sulfide) groups is 1. The maximum atomic E-state index is 13.4. The normalized spacial score (nSPS) is 20.7. The van der Waals surface area contributed by atoms with Gasteiger partial charge in [0.05, 0.1) is 4.92 Å². The molecule has 0 N–H and O–H groups in total. The van der Waals surface area contributed by atoms with Crippen LogP contribution in [-0.4, -0.2) is 63.2 Å². The molecule has 2 atom stereocenters. The number of aromatic nitrogens is 4. The van der Waals surface area contributed by atoms with Gasteiger partial charge in [0.1, 0.15) is 12.3 Å². The zero-order valence-electron chi connectivity index (χ0n) is 20.4. The Hall–Kier alpha value is -2.51. The lowest BCUT2D eigenvalue weighted by molar-refractivity contribution is -0.384. The average molecular weight is 509 g/mol. The van der Waals surface area contributed by atoms with E-state index in [0.717, 1.165) is 0 Å². The number of hydrogen-bond donors (Lipinski definition) is 0. The summed E-state index contributed by atoms with van der Waals surface area (Å²) in [6.45, 7) is 11.2. The van der Waals surface area contributed by atoms with Gasteiger partial charge in [-0.3, -0.25) is 15.0 Å². The first-order valence-corrected chi connectivity index (χ1v) is 14.9. The van der Waals surface area contributed by atoms with E-state index in [2.05, 4.69) is 49.4 Å². The van der Waals surface area contributed by atoms with Crippen LogP contribution in [0.1, 0.15) is 32.8 Å². The molecule has 1 aromatic heterocycles. The fraction of sp³-hybridized carbons (Fsp3) is 0.619. The Morgan fingerprint density at radius 3 is 2.53 bits per heavy atom. The van der Waals surface area contributed by atoms with E-state index in [9.17, 15) is 14.9 Å². The molecular weight excluding hydrogens is 476 g/mol. The molecule has 0 unspecified atom stereocenters. The molecule has 3 rings (SSSR count). The van der Waals surface area contributed by atoms with Crippen LogP contribution >= 0.6 is 11.8 Å². The Kier molecular flexibility index (Phi) is 7.98. The molecule has 0 radical (unpaired) electrons. The predicted octanol–water partition coefficient (Wildman–Crippen LogP) is 3.61. The fourth-order valence-electron chi connectivity index (χ4n) is 3.95. The number of carbonyl (C=O) groups is 1. The summed E-state index contributed by atoms with van der Waals surface area (Å²) < 4.78 is 13.8. The zero-order chi connectivity index (χ0) is 25.1.